The van der Waals surface area contributed by atoms with E-state index >= 15 is 0 Å². The molecule has 1 N–H and O–H groups in total. The van der Waals surface area contributed by atoms with Crippen molar-refractivity contribution in [1.29, 1.82) is 0 Å². The second-order valence-electron chi connectivity index (χ2n) is 5.00. The summed E-state index contributed by atoms with van der Waals surface area (Å²) in [6.45, 7) is 1.45. The quantitative estimate of drug-likeness (QED) is 0.848. The maximum Gasteiger partial charge on any atom is 0.399 e. The van der Waals surface area contributed by atoms with E-state index in [9.17, 15) is 19.2 Å². The third-order valence-corrected chi connectivity index (χ3v) is 3.31. The molecule has 8 nitrogen and oxygen atoms in total. The van der Waals surface area contributed by atoms with Gasteiger partial charge in [0.05, 0.1) is 17.7 Å². The Bertz CT molecular complexity index is 819. The molecule has 2 heterocycles. The molecule has 122 valence electrons. The predicted molar refractivity (Wildman–Crippen MR) is 78.6 cm³/mol. The molecule has 3 amide bonds. The summed E-state index contributed by atoms with van der Waals surface area (Å²) in [5.74, 6) is -2.52. The van der Waals surface area contributed by atoms with Gasteiger partial charge in [-0.2, -0.15) is 0 Å². The fraction of sp³-hybridized carbons (Fsp3) is 0.125. The molecule has 2 aromatic rings. The first-order chi connectivity index (χ1) is 11.5. The zero-order valence-electron chi connectivity index (χ0n) is 12.6. The van der Waals surface area contributed by atoms with Gasteiger partial charge in [0, 0.05) is 6.92 Å². The van der Waals surface area contributed by atoms with Gasteiger partial charge in [0.15, 0.2) is 0 Å². The molecule has 3 rings (SSSR count). The van der Waals surface area contributed by atoms with E-state index in [0.717, 1.165) is 0 Å². The summed E-state index contributed by atoms with van der Waals surface area (Å²) in [7, 11) is 0. The van der Waals surface area contributed by atoms with Gasteiger partial charge in [-0.05, 0) is 24.3 Å². The molecule has 0 saturated heterocycles. The van der Waals surface area contributed by atoms with Gasteiger partial charge in [-0.1, -0.05) is 17.2 Å². The molecule has 24 heavy (non-hydrogen) atoms. The average Bonchev–Trinajstić information content (AvgIpc) is 3.13. The van der Waals surface area contributed by atoms with Gasteiger partial charge in [0.2, 0.25) is 11.7 Å². The second kappa shape index (κ2) is 5.99. The largest absolute Gasteiger partial charge is 0.452 e. The van der Waals surface area contributed by atoms with E-state index in [1.807, 2.05) is 0 Å². The lowest BCUT2D eigenvalue weighted by Gasteiger charge is -2.11. The van der Waals surface area contributed by atoms with Gasteiger partial charge >= 0.3 is 5.97 Å². The molecule has 1 aromatic heterocycles. The number of hydrogen-bond donors (Lipinski definition) is 1. The number of hydrogen-bond acceptors (Lipinski definition) is 6. The van der Waals surface area contributed by atoms with Crippen molar-refractivity contribution in [2.45, 2.75) is 13.5 Å². The van der Waals surface area contributed by atoms with E-state index < -0.39 is 17.8 Å². The van der Waals surface area contributed by atoms with E-state index in [1.165, 1.54) is 31.2 Å². The van der Waals surface area contributed by atoms with Crippen LogP contribution in [0.1, 0.15) is 44.0 Å². The molecule has 0 bridgehead atoms. The number of benzene rings is 1. The number of imide groups is 1. The van der Waals surface area contributed by atoms with Crippen molar-refractivity contribution >= 4 is 23.7 Å². The van der Waals surface area contributed by atoms with Crippen LogP contribution in [0.2, 0.25) is 0 Å². The number of furan rings is 1. The van der Waals surface area contributed by atoms with Crippen LogP contribution in [0.5, 0.6) is 0 Å². The molecule has 0 atom stereocenters. The van der Waals surface area contributed by atoms with Crippen LogP contribution in [0.3, 0.4) is 0 Å². The molecule has 0 spiro atoms. The van der Waals surface area contributed by atoms with Crippen molar-refractivity contribution in [3.05, 3.63) is 59.0 Å². The summed E-state index contributed by atoms with van der Waals surface area (Å²) in [5, 5.41) is 2.92. The lowest BCUT2D eigenvalue weighted by molar-refractivity contribution is -0.119. The van der Waals surface area contributed by atoms with Gasteiger partial charge in [0.25, 0.3) is 11.8 Å². The third kappa shape index (κ3) is 2.76. The van der Waals surface area contributed by atoms with Crippen LogP contribution < -0.4 is 5.32 Å². The topological polar surface area (TPSA) is 106 Å². The first-order valence-corrected chi connectivity index (χ1v) is 7.00. The summed E-state index contributed by atoms with van der Waals surface area (Å²) in [6, 6.07) is 8.97. The number of amides is 3. The van der Waals surface area contributed by atoms with E-state index in [0.29, 0.717) is 10.8 Å². The van der Waals surface area contributed by atoms with Crippen LogP contribution in [0, 0.1) is 0 Å². The van der Waals surface area contributed by atoms with Gasteiger partial charge < -0.3 is 14.6 Å². The van der Waals surface area contributed by atoms with E-state index in [2.05, 4.69) is 5.32 Å². The van der Waals surface area contributed by atoms with Crippen molar-refractivity contribution in [2.75, 3.05) is 0 Å². The monoisotopic (exact) mass is 328 g/mol. The number of carbonyl (C=O) groups excluding carboxylic acids is 4. The predicted octanol–water partition coefficient (Wildman–Crippen LogP) is 1.28. The Labute approximate surface area is 135 Å². The smallest absolute Gasteiger partial charge is 0.399 e. The standard InChI is InChI=1S/C16H12N2O6/c1-9(19)17-8-10-6-7-13(23-10)16(22)24-18-14(20)11-4-2-3-5-12(11)15(18)21/h2-7H,8H2,1H3,(H,17,19). The highest BCUT2D eigenvalue weighted by atomic mass is 16.7. The van der Waals surface area contributed by atoms with Crippen molar-refractivity contribution in [3.8, 4) is 0 Å². The van der Waals surface area contributed by atoms with Crippen molar-refractivity contribution < 1.29 is 28.4 Å². The number of nitrogens with one attached hydrogen (secondary N) is 1. The minimum Gasteiger partial charge on any atom is -0.452 e. The lowest BCUT2D eigenvalue weighted by atomic mass is 10.1. The first kappa shape index (κ1) is 15.5. The number of carbonyl (C=O) groups is 4. The summed E-state index contributed by atoms with van der Waals surface area (Å²) in [6.07, 6.45) is 0. The molecule has 1 aliphatic heterocycles. The highest BCUT2D eigenvalue weighted by Crippen LogP contribution is 2.23. The maximum absolute atomic E-state index is 12.1. The van der Waals surface area contributed by atoms with Crippen LogP contribution in [-0.2, 0) is 16.2 Å². The average molecular weight is 328 g/mol. The van der Waals surface area contributed by atoms with Crippen LogP contribution in [0.25, 0.3) is 0 Å². The molecule has 0 aliphatic carbocycles. The molecule has 0 unspecified atom stereocenters. The van der Waals surface area contributed by atoms with Crippen LogP contribution in [0.15, 0.2) is 40.8 Å². The molecule has 1 aliphatic rings. The first-order valence-electron chi connectivity index (χ1n) is 7.00. The maximum atomic E-state index is 12.1. The number of fused-ring (bicyclic) bond motifs is 1. The van der Waals surface area contributed by atoms with E-state index in [-0.39, 0.29) is 29.3 Å². The SMILES string of the molecule is CC(=O)NCc1ccc(C(=O)ON2C(=O)c3ccccc3C2=O)o1. The Balaban J connectivity index is 1.71. The number of hydroxylamine groups is 2. The van der Waals surface area contributed by atoms with Gasteiger partial charge in [-0.15, -0.1) is 0 Å². The van der Waals surface area contributed by atoms with Crippen LogP contribution in [0.4, 0.5) is 0 Å². The molecular formula is C16H12N2O6. The molecule has 0 fully saturated rings. The fourth-order valence-corrected chi connectivity index (χ4v) is 2.17. The van der Waals surface area contributed by atoms with E-state index in [4.69, 9.17) is 9.25 Å². The minimum atomic E-state index is -0.987. The highest BCUT2D eigenvalue weighted by Gasteiger charge is 2.39. The molecule has 8 heteroatoms. The third-order valence-electron chi connectivity index (χ3n) is 3.31. The molecule has 0 radical (unpaired) electrons. The molecule has 1 aromatic carbocycles. The summed E-state index contributed by atoms with van der Waals surface area (Å²) in [5.41, 5.74) is 0.335. The Morgan fingerprint density at radius 1 is 1.08 bits per heavy atom. The highest BCUT2D eigenvalue weighted by molar-refractivity contribution is 6.21. The van der Waals surface area contributed by atoms with Crippen molar-refractivity contribution in [2.24, 2.45) is 0 Å². The summed E-state index contributed by atoms with van der Waals surface area (Å²) >= 11 is 0. The molecular weight excluding hydrogens is 316 g/mol. The molecule has 0 saturated carbocycles. The van der Waals surface area contributed by atoms with Gasteiger partial charge in [0.1, 0.15) is 5.76 Å². The normalized spacial score (nSPS) is 13.0. The Morgan fingerprint density at radius 3 is 2.29 bits per heavy atom. The summed E-state index contributed by atoms with van der Waals surface area (Å²) < 4.78 is 5.22. The second-order valence-corrected chi connectivity index (χ2v) is 5.00. The van der Waals surface area contributed by atoms with Crippen molar-refractivity contribution in [3.63, 3.8) is 0 Å². The van der Waals surface area contributed by atoms with Gasteiger partial charge in [-0.3, -0.25) is 14.4 Å². The van der Waals surface area contributed by atoms with E-state index in [1.54, 1.807) is 12.1 Å². The Kier molecular flexibility index (Phi) is 3.87. The zero-order valence-corrected chi connectivity index (χ0v) is 12.6. The zero-order chi connectivity index (χ0) is 17.3. The Hall–Kier alpha value is -3.42. The van der Waals surface area contributed by atoms with Gasteiger partial charge in [-0.25, -0.2) is 4.79 Å². The van der Waals surface area contributed by atoms with Crippen LogP contribution in [-0.4, -0.2) is 28.8 Å². The van der Waals surface area contributed by atoms with Crippen molar-refractivity contribution in [1.82, 2.24) is 10.4 Å². The number of nitrogens with zero attached hydrogens (tertiary/aromatic N) is 1. The van der Waals surface area contributed by atoms with Crippen LogP contribution >= 0.6 is 0 Å². The Morgan fingerprint density at radius 2 is 1.71 bits per heavy atom. The summed E-state index contributed by atoms with van der Waals surface area (Å²) in [4.78, 5) is 52.0. The lowest BCUT2D eigenvalue weighted by Crippen LogP contribution is -2.32. The number of rotatable bonds is 4. The minimum absolute atomic E-state index is 0.107. The fourth-order valence-electron chi connectivity index (χ4n) is 2.17.